The highest BCUT2D eigenvalue weighted by Crippen LogP contribution is 2.26. The quantitative estimate of drug-likeness (QED) is 0.708. The van der Waals surface area contributed by atoms with E-state index in [9.17, 15) is 14.7 Å². The zero-order chi connectivity index (χ0) is 10.8. The lowest BCUT2D eigenvalue weighted by atomic mass is 10.2. The molecule has 1 aromatic carbocycles. The van der Waals surface area contributed by atoms with Crippen molar-refractivity contribution in [2.75, 3.05) is 0 Å². The van der Waals surface area contributed by atoms with Crippen LogP contribution in [-0.2, 0) is 4.79 Å². The van der Waals surface area contributed by atoms with Gasteiger partial charge in [0, 0.05) is 0 Å². The minimum Gasteiger partial charge on any atom is -0.508 e. The molecule has 2 N–H and O–H groups in total. The van der Waals surface area contributed by atoms with Gasteiger partial charge in [-0.1, -0.05) is 12.1 Å². The molecule has 2 rings (SSSR count). The number of nitrogens with one attached hydrogen (secondary N) is 1. The largest absolute Gasteiger partial charge is 0.508 e. The lowest BCUT2D eigenvalue weighted by molar-refractivity contribution is -0.115. The molecule has 1 aliphatic rings. The summed E-state index contributed by atoms with van der Waals surface area (Å²) in [6.07, 6.45) is 1.56. The van der Waals surface area contributed by atoms with Crippen LogP contribution in [0.5, 0.6) is 5.75 Å². The van der Waals surface area contributed by atoms with E-state index in [1.807, 2.05) is 0 Å². The maximum absolute atomic E-state index is 11.2. The summed E-state index contributed by atoms with van der Waals surface area (Å²) in [4.78, 5) is 22.4. The standard InChI is InChI=1S/C10H7NO3S/c12-7-3-1-2-6(4-7)5-8-9(13)11-10(14)15-8/h1-5,12H,(H,11,13,14)/b8-5+. The van der Waals surface area contributed by atoms with E-state index in [0.717, 1.165) is 11.8 Å². The fourth-order valence-corrected chi connectivity index (χ4v) is 1.87. The predicted octanol–water partition coefficient (Wildman–Crippen LogP) is 1.72. The van der Waals surface area contributed by atoms with Crippen molar-refractivity contribution in [1.29, 1.82) is 0 Å². The van der Waals surface area contributed by atoms with Crippen LogP contribution < -0.4 is 5.32 Å². The van der Waals surface area contributed by atoms with Crippen molar-refractivity contribution in [1.82, 2.24) is 5.32 Å². The van der Waals surface area contributed by atoms with E-state index in [0.29, 0.717) is 10.5 Å². The van der Waals surface area contributed by atoms with E-state index < -0.39 is 5.91 Å². The van der Waals surface area contributed by atoms with Crippen molar-refractivity contribution in [2.45, 2.75) is 0 Å². The molecule has 0 aromatic heterocycles. The average molecular weight is 221 g/mol. The number of hydrogen-bond acceptors (Lipinski definition) is 4. The number of phenols is 1. The van der Waals surface area contributed by atoms with Gasteiger partial charge in [0.2, 0.25) is 0 Å². The second-order valence-corrected chi connectivity index (χ2v) is 3.96. The van der Waals surface area contributed by atoms with Gasteiger partial charge in [-0.15, -0.1) is 0 Å². The Balaban J connectivity index is 2.31. The zero-order valence-electron chi connectivity index (χ0n) is 7.56. The normalized spacial score (nSPS) is 18.3. The van der Waals surface area contributed by atoms with E-state index in [1.165, 1.54) is 12.1 Å². The van der Waals surface area contributed by atoms with E-state index in [1.54, 1.807) is 18.2 Å². The molecule has 2 amide bonds. The number of aromatic hydroxyl groups is 1. The van der Waals surface area contributed by atoms with Gasteiger partial charge >= 0.3 is 0 Å². The average Bonchev–Trinajstić information content (AvgIpc) is 2.45. The highest BCUT2D eigenvalue weighted by molar-refractivity contribution is 8.18. The molecule has 0 spiro atoms. The highest BCUT2D eigenvalue weighted by atomic mass is 32.2. The van der Waals surface area contributed by atoms with Crippen LogP contribution in [0.1, 0.15) is 5.56 Å². The molecule has 0 bridgehead atoms. The number of carbonyl (C=O) groups is 2. The van der Waals surface area contributed by atoms with Crippen LogP contribution in [0.25, 0.3) is 6.08 Å². The van der Waals surface area contributed by atoms with Crippen molar-refractivity contribution in [2.24, 2.45) is 0 Å². The molecule has 1 aliphatic heterocycles. The summed E-state index contributed by atoms with van der Waals surface area (Å²) in [5.74, 6) is -0.271. The van der Waals surface area contributed by atoms with Gasteiger partial charge in [0.15, 0.2) is 0 Å². The molecule has 76 valence electrons. The molecule has 0 unspecified atom stereocenters. The van der Waals surface area contributed by atoms with E-state index >= 15 is 0 Å². The van der Waals surface area contributed by atoms with Gasteiger partial charge in [-0.3, -0.25) is 14.9 Å². The molecule has 5 heteroatoms. The number of carbonyl (C=O) groups excluding carboxylic acids is 2. The Hall–Kier alpha value is -1.75. The number of amides is 2. The minimum absolute atomic E-state index is 0.124. The molecular weight excluding hydrogens is 214 g/mol. The van der Waals surface area contributed by atoms with Crippen LogP contribution in [0.3, 0.4) is 0 Å². The summed E-state index contributed by atoms with van der Waals surface area (Å²) in [5.41, 5.74) is 0.683. The third-order valence-corrected chi connectivity index (χ3v) is 2.62. The fourth-order valence-electron chi connectivity index (χ4n) is 1.19. The lowest BCUT2D eigenvalue weighted by Crippen LogP contribution is -2.17. The first kappa shape index (κ1) is 9.79. The van der Waals surface area contributed by atoms with Gasteiger partial charge in [0.05, 0.1) is 4.91 Å². The Morgan fingerprint density at radius 2 is 2.13 bits per heavy atom. The van der Waals surface area contributed by atoms with E-state index in [2.05, 4.69) is 5.32 Å². The number of thioether (sulfide) groups is 1. The third kappa shape index (κ3) is 2.19. The third-order valence-electron chi connectivity index (χ3n) is 1.81. The number of imide groups is 1. The molecule has 1 fully saturated rings. The van der Waals surface area contributed by atoms with Crippen LogP contribution in [0.2, 0.25) is 0 Å². The molecule has 15 heavy (non-hydrogen) atoms. The molecular formula is C10H7NO3S. The van der Waals surface area contributed by atoms with Crippen molar-refractivity contribution in [3.63, 3.8) is 0 Å². The molecule has 0 aliphatic carbocycles. The first-order chi connectivity index (χ1) is 7.15. The summed E-state index contributed by atoms with van der Waals surface area (Å²) in [6, 6.07) is 6.46. The lowest BCUT2D eigenvalue weighted by Gasteiger charge is -1.95. The van der Waals surface area contributed by atoms with Crippen molar-refractivity contribution in [3.8, 4) is 5.75 Å². The number of hydrogen-bond donors (Lipinski definition) is 2. The first-order valence-corrected chi connectivity index (χ1v) is 5.01. The minimum atomic E-state index is -0.395. The fraction of sp³-hybridized carbons (Fsp3) is 0. The van der Waals surface area contributed by atoms with Crippen molar-refractivity contribution in [3.05, 3.63) is 34.7 Å². The second kappa shape index (κ2) is 3.78. The van der Waals surface area contributed by atoms with Gasteiger partial charge in [0.25, 0.3) is 11.1 Å². The molecule has 4 nitrogen and oxygen atoms in total. The van der Waals surface area contributed by atoms with Crippen LogP contribution in [-0.4, -0.2) is 16.3 Å². The van der Waals surface area contributed by atoms with Gasteiger partial charge < -0.3 is 5.11 Å². The number of phenolic OH excluding ortho intramolecular Hbond substituents is 1. The zero-order valence-corrected chi connectivity index (χ0v) is 8.38. The van der Waals surface area contributed by atoms with Crippen molar-refractivity contribution < 1.29 is 14.7 Å². The van der Waals surface area contributed by atoms with Crippen LogP contribution in [0.15, 0.2) is 29.2 Å². The summed E-state index contributed by atoms with van der Waals surface area (Å²) < 4.78 is 0. The summed E-state index contributed by atoms with van der Waals surface area (Å²) in [7, 11) is 0. The molecule has 0 atom stereocenters. The predicted molar refractivity (Wildman–Crippen MR) is 57.2 cm³/mol. The monoisotopic (exact) mass is 221 g/mol. The summed E-state index contributed by atoms with van der Waals surface area (Å²) in [6.45, 7) is 0. The Labute approximate surface area is 90.0 Å². The smallest absolute Gasteiger partial charge is 0.290 e. The van der Waals surface area contributed by atoms with Gasteiger partial charge in [-0.05, 0) is 35.5 Å². The summed E-state index contributed by atoms with van der Waals surface area (Å²) in [5, 5.41) is 11.0. The molecule has 1 aromatic rings. The Morgan fingerprint density at radius 3 is 2.73 bits per heavy atom. The maximum Gasteiger partial charge on any atom is 0.290 e. The van der Waals surface area contributed by atoms with Crippen LogP contribution in [0.4, 0.5) is 4.79 Å². The summed E-state index contributed by atoms with van der Waals surface area (Å²) >= 11 is 0.854. The van der Waals surface area contributed by atoms with Crippen molar-refractivity contribution >= 4 is 29.0 Å². The molecule has 0 radical (unpaired) electrons. The Bertz CT molecular complexity index is 467. The van der Waals surface area contributed by atoms with E-state index in [4.69, 9.17) is 0 Å². The van der Waals surface area contributed by atoms with Gasteiger partial charge in [0.1, 0.15) is 5.75 Å². The highest BCUT2D eigenvalue weighted by Gasteiger charge is 2.24. The molecule has 0 saturated carbocycles. The Morgan fingerprint density at radius 1 is 1.33 bits per heavy atom. The molecule has 1 heterocycles. The topological polar surface area (TPSA) is 66.4 Å². The SMILES string of the molecule is O=C1NC(=O)/C(=C\c2cccc(O)c2)S1. The van der Waals surface area contributed by atoms with Crippen LogP contribution >= 0.6 is 11.8 Å². The van der Waals surface area contributed by atoms with Crippen LogP contribution in [0, 0.1) is 0 Å². The van der Waals surface area contributed by atoms with Gasteiger partial charge in [-0.2, -0.15) is 0 Å². The van der Waals surface area contributed by atoms with Gasteiger partial charge in [-0.25, -0.2) is 0 Å². The maximum atomic E-state index is 11.2. The number of benzene rings is 1. The number of rotatable bonds is 1. The second-order valence-electron chi connectivity index (χ2n) is 2.95. The van der Waals surface area contributed by atoms with E-state index in [-0.39, 0.29) is 11.0 Å². The Kier molecular flexibility index (Phi) is 2.47. The molecule has 1 saturated heterocycles. The first-order valence-electron chi connectivity index (χ1n) is 4.19.